The van der Waals surface area contributed by atoms with E-state index in [4.69, 9.17) is 0 Å². The van der Waals surface area contributed by atoms with Gasteiger partial charge >= 0.3 is 0 Å². The Morgan fingerprint density at radius 1 is 1.14 bits per heavy atom. The average molecular weight is 602 g/mol. The summed E-state index contributed by atoms with van der Waals surface area (Å²) >= 11 is 0. The second kappa shape index (κ2) is 10.2. The molecule has 7 rings (SSSR count). The molecule has 44 heavy (non-hydrogen) atoms. The van der Waals surface area contributed by atoms with E-state index in [0.717, 1.165) is 30.7 Å². The number of carbonyl (C=O) groups excluding carboxylic acids is 2. The van der Waals surface area contributed by atoms with Crippen molar-refractivity contribution in [2.75, 3.05) is 31.3 Å². The summed E-state index contributed by atoms with van der Waals surface area (Å²) in [6, 6.07) is 7.86. The molecule has 5 aliphatic rings. The van der Waals surface area contributed by atoms with Crippen LogP contribution in [0.2, 0.25) is 0 Å². The highest BCUT2D eigenvalue weighted by Crippen LogP contribution is 2.68. The molecule has 9 heteroatoms. The van der Waals surface area contributed by atoms with Crippen LogP contribution in [-0.2, 0) is 9.59 Å². The first-order valence-electron chi connectivity index (χ1n) is 16.1. The van der Waals surface area contributed by atoms with Gasteiger partial charge in [-0.05, 0) is 80.7 Å². The number of ketones is 2. The van der Waals surface area contributed by atoms with Gasteiger partial charge < -0.3 is 25.6 Å². The fraction of sp³-hybridized carbons (Fsp3) is 0.571. The van der Waals surface area contributed by atoms with E-state index in [-0.39, 0.29) is 47.8 Å². The van der Waals surface area contributed by atoms with Crippen molar-refractivity contribution in [2.24, 2.45) is 28.6 Å². The Hall–Kier alpha value is -3.11. The number of hydrogen-bond acceptors (Lipinski definition) is 8. The third-order valence-electron chi connectivity index (χ3n) is 12.3. The van der Waals surface area contributed by atoms with Gasteiger partial charge in [0.1, 0.15) is 12.2 Å². The molecule has 4 fully saturated rings. The number of hydrogen-bond donors (Lipinski definition) is 4. The molecule has 8 atom stereocenters. The molecule has 4 N–H and O–H groups in total. The normalized spacial score (nSPS) is 38.5. The van der Waals surface area contributed by atoms with E-state index in [9.17, 15) is 29.7 Å². The molecule has 1 saturated heterocycles. The van der Waals surface area contributed by atoms with Crippen molar-refractivity contribution < 1.29 is 24.9 Å². The van der Waals surface area contributed by atoms with Crippen LogP contribution in [0.25, 0.3) is 16.5 Å². The van der Waals surface area contributed by atoms with E-state index in [1.54, 1.807) is 12.2 Å². The highest BCUT2D eigenvalue weighted by Gasteiger charge is 2.68. The molecule has 0 radical (unpaired) electrons. The van der Waals surface area contributed by atoms with E-state index in [1.165, 1.54) is 0 Å². The van der Waals surface area contributed by atoms with Crippen LogP contribution in [0.5, 0.6) is 0 Å². The van der Waals surface area contributed by atoms with E-state index in [2.05, 4.69) is 28.8 Å². The number of para-hydroxylation sites is 1. The zero-order valence-electron chi connectivity index (χ0n) is 25.8. The van der Waals surface area contributed by atoms with E-state index in [0.29, 0.717) is 35.8 Å². The van der Waals surface area contributed by atoms with Gasteiger partial charge in [0, 0.05) is 59.6 Å². The molecule has 0 bridgehead atoms. The highest BCUT2D eigenvalue weighted by atomic mass is 16.3. The predicted octanol–water partition coefficient (Wildman–Crippen LogP) is 2.33. The fourth-order valence-electron chi connectivity index (χ4n) is 10.2. The average Bonchev–Trinajstić information content (AvgIpc) is 3.27. The van der Waals surface area contributed by atoms with Gasteiger partial charge in [0.15, 0.2) is 17.0 Å². The maximum atomic E-state index is 14.3. The van der Waals surface area contributed by atoms with Crippen molar-refractivity contribution in [3.8, 4) is 0 Å². The maximum absolute atomic E-state index is 14.3. The Labute approximate surface area is 257 Å². The third kappa shape index (κ3) is 3.95. The fourth-order valence-corrected chi connectivity index (χ4v) is 10.2. The minimum absolute atomic E-state index is 0.0419. The first-order valence-corrected chi connectivity index (χ1v) is 16.1. The van der Waals surface area contributed by atoms with Crippen LogP contribution in [0, 0.1) is 28.6 Å². The van der Waals surface area contributed by atoms with Crippen molar-refractivity contribution in [3.05, 3.63) is 64.0 Å². The maximum Gasteiger partial charge on any atom is 0.197 e. The Bertz CT molecular complexity index is 1680. The number of nitrogens with zero attached hydrogens (tertiary/aromatic N) is 2. The molecule has 9 nitrogen and oxygen atoms in total. The number of pyridine rings is 1. The second-order valence-corrected chi connectivity index (χ2v) is 14.3. The molecule has 1 aliphatic heterocycles. The zero-order valence-corrected chi connectivity index (χ0v) is 25.8. The number of carbonyl (C=O) groups is 2. The number of piperazine rings is 1. The number of aliphatic hydroxyl groups excluding tert-OH is 2. The number of benzene rings is 1. The van der Waals surface area contributed by atoms with Crippen LogP contribution >= 0.6 is 0 Å². The summed E-state index contributed by atoms with van der Waals surface area (Å²) in [7, 11) is 0. The van der Waals surface area contributed by atoms with E-state index >= 15 is 0 Å². The molecular formula is C35H43N3O6. The van der Waals surface area contributed by atoms with Crippen molar-refractivity contribution in [3.63, 3.8) is 0 Å². The molecular weight excluding hydrogens is 558 g/mol. The lowest BCUT2D eigenvalue weighted by atomic mass is 9.44. The Kier molecular flexibility index (Phi) is 6.86. The summed E-state index contributed by atoms with van der Waals surface area (Å²) in [6.07, 6.45) is 6.71. The minimum Gasteiger partial charge on any atom is -0.393 e. The highest BCUT2D eigenvalue weighted by molar-refractivity contribution is 6.08. The largest absolute Gasteiger partial charge is 0.393 e. The van der Waals surface area contributed by atoms with E-state index in [1.807, 2.05) is 37.4 Å². The van der Waals surface area contributed by atoms with Gasteiger partial charge in [-0.2, -0.15) is 0 Å². The molecule has 1 unspecified atom stereocenters. The molecule has 234 valence electrons. The topological polar surface area (TPSA) is 132 Å². The standard InChI is InChI=1S/C35H43N3O6/c1-20-17-37(13-12-36-20)38-18-25(32(43)24-6-4-5-7-28(24)38)27-15-22(40)14-21-8-9-23-26-10-11-35(44,30(42)19-39)33(26,2)16-29(41)31(23)34(21,27)3/h4-7,14-15,18,20,23,26,29,31,36,39,41,44H,8-13,16-17,19H2,1-3H3/t20?,23-,26-,29-,31+,33-,34+,35-/m0/s1. The van der Waals surface area contributed by atoms with Gasteiger partial charge in [0.25, 0.3) is 0 Å². The zero-order chi connectivity index (χ0) is 31.2. The smallest absolute Gasteiger partial charge is 0.197 e. The van der Waals surface area contributed by atoms with Crippen LogP contribution < -0.4 is 15.8 Å². The Morgan fingerprint density at radius 2 is 1.91 bits per heavy atom. The summed E-state index contributed by atoms with van der Waals surface area (Å²) in [5.74, 6) is -1.15. The summed E-state index contributed by atoms with van der Waals surface area (Å²) in [5.41, 5.74) is -0.651. The van der Waals surface area contributed by atoms with Gasteiger partial charge in [-0.15, -0.1) is 0 Å². The first kappa shape index (κ1) is 29.6. The van der Waals surface area contributed by atoms with Gasteiger partial charge in [0.05, 0.1) is 11.6 Å². The van der Waals surface area contributed by atoms with Crippen LogP contribution in [-0.4, -0.2) is 75.6 Å². The van der Waals surface area contributed by atoms with Crippen LogP contribution in [0.15, 0.2) is 53.0 Å². The number of allylic oxidation sites excluding steroid dienone is 4. The Morgan fingerprint density at radius 3 is 2.66 bits per heavy atom. The number of aliphatic hydroxyl groups is 3. The van der Waals surface area contributed by atoms with Crippen molar-refractivity contribution in [2.45, 2.75) is 70.6 Å². The van der Waals surface area contributed by atoms with Crippen molar-refractivity contribution in [1.29, 1.82) is 0 Å². The monoisotopic (exact) mass is 601 g/mol. The summed E-state index contributed by atoms with van der Waals surface area (Å²) in [5, 5.41) is 39.7. The minimum atomic E-state index is -1.69. The number of aromatic nitrogens is 1. The van der Waals surface area contributed by atoms with Gasteiger partial charge in [0.2, 0.25) is 0 Å². The molecule has 2 aromatic rings. The lowest BCUT2D eigenvalue weighted by Gasteiger charge is -2.60. The summed E-state index contributed by atoms with van der Waals surface area (Å²) in [6.45, 7) is 7.69. The SMILES string of the molecule is CC1CN(n2cc(C3=CC(=O)C=C4CC[C@@H]5[C@H]([C@@H](O)C[C@@]6(C)[C@H]5CC[C@]6(O)C(=O)CO)[C@]43C)c(=O)c3ccccc32)CCN1. The molecule has 0 amide bonds. The molecule has 2 heterocycles. The Balaban J connectivity index is 1.38. The quantitative estimate of drug-likeness (QED) is 0.420. The van der Waals surface area contributed by atoms with Crippen LogP contribution in [0.1, 0.15) is 58.4 Å². The van der Waals surface area contributed by atoms with Gasteiger partial charge in [-0.1, -0.05) is 31.6 Å². The predicted molar refractivity (Wildman–Crippen MR) is 168 cm³/mol. The molecule has 3 saturated carbocycles. The number of nitrogens with one attached hydrogen (secondary N) is 1. The molecule has 4 aliphatic carbocycles. The summed E-state index contributed by atoms with van der Waals surface area (Å²) in [4.78, 5) is 40.5. The van der Waals surface area contributed by atoms with Crippen LogP contribution in [0.4, 0.5) is 0 Å². The van der Waals surface area contributed by atoms with Gasteiger partial charge in [-0.3, -0.25) is 19.1 Å². The summed E-state index contributed by atoms with van der Waals surface area (Å²) < 4.78 is 2.07. The molecule has 1 aromatic carbocycles. The molecule has 0 spiro atoms. The van der Waals surface area contributed by atoms with Crippen molar-refractivity contribution >= 4 is 28.0 Å². The lowest BCUT2D eigenvalue weighted by Crippen LogP contribution is -2.62. The molecule has 1 aromatic heterocycles. The number of fused-ring (bicyclic) bond motifs is 6. The van der Waals surface area contributed by atoms with E-state index < -0.39 is 34.9 Å². The second-order valence-electron chi connectivity index (χ2n) is 14.3. The third-order valence-corrected chi connectivity index (χ3v) is 12.3. The number of rotatable bonds is 4. The lowest BCUT2D eigenvalue weighted by molar-refractivity contribution is -0.178. The van der Waals surface area contributed by atoms with Crippen LogP contribution in [0.3, 0.4) is 0 Å². The van der Waals surface area contributed by atoms with Gasteiger partial charge in [-0.25, -0.2) is 0 Å². The number of Topliss-reactive ketones (excluding diaryl/α,β-unsaturated/α-hetero) is 1. The van der Waals surface area contributed by atoms with Crippen molar-refractivity contribution in [1.82, 2.24) is 9.99 Å². The first-order chi connectivity index (χ1) is 20.9.